The summed E-state index contributed by atoms with van der Waals surface area (Å²) in [6.07, 6.45) is 1.12. The van der Waals surface area contributed by atoms with Crippen molar-refractivity contribution in [1.29, 1.82) is 0 Å². The molecule has 6 heteroatoms. The third-order valence-corrected chi connectivity index (χ3v) is 5.72. The molecule has 0 aromatic heterocycles. The van der Waals surface area contributed by atoms with Gasteiger partial charge in [0.15, 0.2) is 15.9 Å². The van der Waals surface area contributed by atoms with Crippen LogP contribution in [0.5, 0.6) is 5.75 Å². The van der Waals surface area contributed by atoms with E-state index in [4.69, 9.17) is 4.74 Å². The average Bonchev–Trinajstić information content (AvgIpc) is 2.61. The number of sulfone groups is 1. The molecule has 0 unspecified atom stereocenters. The summed E-state index contributed by atoms with van der Waals surface area (Å²) < 4.78 is 29.0. The number of carbonyl (C=O) groups is 1. The number of nitrogens with one attached hydrogen (secondary N) is 1. The van der Waals surface area contributed by atoms with Crippen LogP contribution in [-0.4, -0.2) is 26.7 Å². The number of hydrogen-bond donors (Lipinski definition) is 1. The first-order valence-corrected chi connectivity index (χ1v) is 10.8. The molecule has 0 aliphatic heterocycles. The van der Waals surface area contributed by atoms with E-state index in [2.05, 4.69) is 5.32 Å². The van der Waals surface area contributed by atoms with E-state index in [0.717, 1.165) is 11.1 Å². The van der Waals surface area contributed by atoms with Gasteiger partial charge in [-0.1, -0.05) is 25.1 Å². The molecule has 146 valence electrons. The van der Waals surface area contributed by atoms with Crippen LogP contribution in [0, 0.1) is 13.8 Å². The molecule has 0 bridgehead atoms. The number of amides is 1. The van der Waals surface area contributed by atoms with Gasteiger partial charge in [0, 0.05) is 6.26 Å². The zero-order valence-electron chi connectivity index (χ0n) is 16.4. The van der Waals surface area contributed by atoms with Crippen molar-refractivity contribution in [1.82, 2.24) is 5.32 Å². The van der Waals surface area contributed by atoms with Crippen molar-refractivity contribution in [3.05, 3.63) is 59.2 Å². The van der Waals surface area contributed by atoms with Gasteiger partial charge in [0.25, 0.3) is 5.91 Å². The molecule has 27 heavy (non-hydrogen) atoms. The van der Waals surface area contributed by atoms with Crippen LogP contribution in [0.2, 0.25) is 0 Å². The lowest BCUT2D eigenvalue weighted by Gasteiger charge is -2.21. The normalized spacial score (nSPS) is 13.7. The Balaban J connectivity index is 2.05. The maximum absolute atomic E-state index is 12.6. The monoisotopic (exact) mass is 389 g/mol. The summed E-state index contributed by atoms with van der Waals surface area (Å²) in [6, 6.07) is 12.0. The van der Waals surface area contributed by atoms with Crippen LogP contribution in [0.4, 0.5) is 0 Å². The van der Waals surface area contributed by atoms with Crippen molar-refractivity contribution >= 4 is 15.7 Å². The van der Waals surface area contributed by atoms with Crippen molar-refractivity contribution < 1.29 is 17.9 Å². The lowest BCUT2D eigenvalue weighted by atomic mass is 10.1. The fourth-order valence-corrected chi connectivity index (χ4v) is 3.30. The summed E-state index contributed by atoms with van der Waals surface area (Å²) in [5.41, 5.74) is 3.12. The number of aryl methyl sites for hydroxylation is 2. The van der Waals surface area contributed by atoms with E-state index in [1.807, 2.05) is 45.9 Å². The lowest BCUT2D eigenvalue weighted by Crippen LogP contribution is -2.39. The van der Waals surface area contributed by atoms with Crippen LogP contribution < -0.4 is 10.1 Å². The fraction of sp³-hybridized carbons (Fsp3) is 0.381. The number of rotatable bonds is 7. The third-order valence-electron chi connectivity index (χ3n) is 4.59. The molecule has 5 nitrogen and oxygen atoms in total. The summed E-state index contributed by atoms with van der Waals surface area (Å²) in [4.78, 5) is 12.9. The Morgan fingerprint density at radius 3 is 2.22 bits per heavy atom. The first-order chi connectivity index (χ1) is 12.6. The van der Waals surface area contributed by atoms with E-state index in [9.17, 15) is 13.2 Å². The molecule has 1 amide bonds. The van der Waals surface area contributed by atoms with Gasteiger partial charge in [-0.15, -0.1) is 0 Å². The van der Waals surface area contributed by atoms with Gasteiger partial charge in [-0.25, -0.2) is 8.42 Å². The van der Waals surface area contributed by atoms with Crippen LogP contribution in [0.3, 0.4) is 0 Å². The Bertz CT molecular complexity index is 904. The highest BCUT2D eigenvalue weighted by atomic mass is 32.2. The first-order valence-electron chi connectivity index (χ1n) is 8.96. The van der Waals surface area contributed by atoms with Gasteiger partial charge in [-0.05, 0) is 68.1 Å². The predicted molar refractivity (Wildman–Crippen MR) is 107 cm³/mol. The largest absolute Gasteiger partial charge is 0.481 e. The highest BCUT2D eigenvalue weighted by Crippen LogP contribution is 2.20. The van der Waals surface area contributed by atoms with E-state index in [1.165, 1.54) is 11.8 Å². The standard InChI is InChI=1S/C21H27NO4S/c1-6-20(26-18-10-7-14(2)15(3)13-18)21(23)22-16(4)17-8-11-19(12-9-17)27(5,24)25/h7-13,16,20H,6H2,1-5H3,(H,22,23)/t16-,20+/m0/s1. The molecule has 2 atom stereocenters. The minimum absolute atomic E-state index is 0.199. The summed E-state index contributed by atoms with van der Waals surface area (Å²) >= 11 is 0. The maximum atomic E-state index is 12.6. The first kappa shape index (κ1) is 21.0. The van der Waals surface area contributed by atoms with Crippen molar-refractivity contribution in [3.8, 4) is 5.75 Å². The third kappa shape index (κ3) is 5.57. The Kier molecular flexibility index (Phi) is 6.65. The maximum Gasteiger partial charge on any atom is 0.261 e. The van der Waals surface area contributed by atoms with Crippen molar-refractivity contribution in [2.45, 2.75) is 51.2 Å². The van der Waals surface area contributed by atoms with Crippen molar-refractivity contribution in [2.24, 2.45) is 0 Å². The molecular weight excluding hydrogens is 362 g/mol. The minimum atomic E-state index is -3.23. The Morgan fingerprint density at radius 2 is 1.70 bits per heavy atom. The predicted octanol–water partition coefficient (Wildman–Crippen LogP) is 3.74. The molecule has 0 saturated carbocycles. The number of benzene rings is 2. The molecule has 0 spiro atoms. The van der Waals surface area contributed by atoms with Gasteiger partial charge < -0.3 is 10.1 Å². The zero-order chi connectivity index (χ0) is 20.2. The SMILES string of the molecule is CC[C@@H](Oc1ccc(C)c(C)c1)C(=O)N[C@@H](C)c1ccc(S(C)(=O)=O)cc1. The van der Waals surface area contributed by atoms with Crippen molar-refractivity contribution in [3.63, 3.8) is 0 Å². The summed E-state index contributed by atoms with van der Waals surface area (Å²) in [5, 5.41) is 2.94. The summed E-state index contributed by atoms with van der Waals surface area (Å²) in [5.74, 6) is 0.473. The number of hydrogen-bond acceptors (Lipinski definition) is 4. The molecule has 0 aliphatic carbocycles. The number of ether oxygens (including phenoxy) is 1. The highest BCUT2D eigenvalue weighted by molar-refractivity contribution is 7.90. The molecule has 0 heterocycles. The molecule has 0 fully saturated rings. The van der Waals surface area contributed by atoms with Gasteiger partial charge >= 0.3 is 0 Å². The second-order valence-electron chi connectivity index (χ2n) is 6.83. The average molecular weight is 390 g/mol. The van der Waals surface area contributed by atoms with Gasteiger partial charge in [0.1, 0.15) is 5.75 Å². The van der Waals surface area contributed by atoms with Crippen molar-refractivity contribution in [2.75, 3.05) is 6.26 Å². The van der Waals surface area contributed by atoms with Gasteiger partial charge in [-0.3, -0.25) is 4.79 Å². The Hall–Kier alpha value is -2.34. The molecule has 0 saturated heterocycles. The second kappa shape index (κ2) is 8.57. The van der Waals surface area contributed by atoms with E-state index < -0.39 is 15.9 Å². The quantitative estimate of drug-likeness (QED) is 0.783. The van der Waals surface area contributed by atoms with E-state index >= 15 is 0 Å². The summed E-state index contributed by atoms with van der Waals surface area (Å²) in [7, 11) is -3.23. The summed E-state index contributed by atoms with van der Waals surface area (Å²) in [6.45, 7) is 7.79. The minimum Gasteiger partial charge on any atom is -0.481 e. The molecule has 2 rings (SSSR count). The van der Waals surface area contributed by atoms with Crippen LogP contribution in [-0.2, 0) is 14.6 Å². The Labute approximate surface area is 161 Å². The number of carbonyl (C=O) groups excluding carboxylic acids is 1. The van der Waals surface area contributed by atoms with Crippen LogP contribution >= 0.6 is 0 Å². The fourth-order valence-electron chi connectivity index (χ4n) is 2.67. The smallest absolute Gasteiger partial charge is 0.261 e. The van der Waals surface area contributed by atoms with E-state index in [1.54, 1.807) is 24.3 Å². The molecule has 2 aromatic carbocycles. The van der Waals surface area contributed by atoms with Crippen LogP contribution in [0.25, 0.3) is 0 Å². The molecular formula is C21H27NO4S. The zero-order valence-corrected chi connectivity index (χ0v) is 17.3. The van der Waals surface area contributed by atoms with Gasteiger partial charge in [0.2, 0.25) is 0 Å². The van der Waals surface area contributed by atoms with Crippen LogP contribution in [0.15, 0.2) is 47.4 Å². The van der Waals surface area contributed by atoms with Gasteiger partial charge in [0.05, 0.1) is 10.9 Å². The van der Waals surface area contributed by atoms with Gasteiger partial charge in [-0.2, -0.15) is 0 Å². The Morgan fingerprint density at radius 1 is 1.07 bits per heavy atom. The molecule has 2 aromatic rings. The molecule has 1 N–H and O–H groups in total. The molecule has 0 radical (unpaired) electrons. The second-order valence-corrected chi connectivity index (χ2v) is 8.85. The van der Waals surface area contributed by atoms with E-state index in [0.29, 0.717) is 12.2 Å². The molecule has 0 aliphatic rings. The highest BCUT2D eigenvalue weighted by Gasteiger charge is 2.21. The van der Waals surface area contributed by atoms with E-state index in [-0.39, 0.29) is 16.8 Å². The lowest BCUT2D eigenvalue weighted by molar-refractivity contribution is -0.128. The van der Waals surface area contributed by atoms with Crippen LogP contribution in [0.1, 0.15) is 43.0 Å². The topological polar surface area (TPSA) is 72.5 Å².